The van der Waals surface area contributed by atoms with Crippen molar-refractivity contribution in [3.05, 3.63) is 18.0 Å². The predicted molar refractivity (Wildman–Crippen MR) is 68.2 cm³/mol. The van der Waals surface area contributed by atoms with Gasteiger partial charge in [0.1, 0.15) is 0 Å². The summed E-state index contributed by atoms with van der Waals surface area (Å²) in [5.41, 5.74) is 1.14. The highest BCUT2D eigenvalue weighted by Gasteiger charge is 2.38. The molecule has 2 aliphatic heterocycles. The van der Waals surface area contributed by atoms with Crippen LogP contribution in [-0.2, 0) is 0 Å². The summed E-state index contributed by atoms with van der Waals surface area (Å²) in [5, 5.41) is 3.46. The molecule has 0 bridgehead atoms. The van der Waals surface area contributed by atoms with Crippen LogP contribution in [0.15, 0.2) is 12.3 Å². The molecule has 1 N–H and O–H groups in total. The number of nitrogens with one attached hydrogen (secondary N) is 1. The molecule has 3 heterocycles. The van der Waals surface area contributed by atoms with Crippen LogP contribution in [0, 0.1) is 5.92 Å². The van der Waals surface area contributed by atoms with Crippen LogP contribution >= 0.6 is 0 Å². The quantitative estimate of drug-likeness (QED) is 0.837. The monoisotopic (exact) mass is 232 g/mol. The third-order valence-corrected chi connectivity index (χ3v) is 3.96. The van der Waals surface area contributed by atoms with Crippen LogP contribution in [0.3, 0.4) is 0 Å². The van der Waals surface area contributed by atoms with Crippen molar-refractivity contribution in [2.75, 3.05) is 24.5 Å². The van der Waals surface area contributed by atoms with Crippen molar-refractivity contribution in [2.45, 2.75) is 32.2 Å². The fraction of sp³-hybridized carbons (Fsp3) is 0.692. The van der Waals surface area contributed by atoms with E-state index in [0.717, 1.165) is 37.2 Å². The minimum absolute atomic E-state index is 0.469. The Morgan fingerprint density at radius 1 is 1.41 bits per heavy atom. The number of hydrogen-bond donors (Lipinski definition) is 1. The van der Waals surface area contributed by atoms with Gasteiger partial charge in [0.05, 0.1) is 0 Å². The van der Waals surface area contributed by atoms with E-state index in [2.05, 4.69) is 29.0 Å². The van der Waals surface area contributed by atoms with Crippen LogP contribution < -0.4 is 10.2 Å². The zero-order valence-electron chi connectivity index (χ0n) is 10.6. The Morgan fingerprint density at radius 2 is 2.29 bits per heavy atom. The van der Waals surface area contributed by atoms with Gasteiger partial charge in [-0.25, -0.2) is 9.97 Å². The van der Waals surface area contributed by atoms with E-state index in [1.54, 1.807) is 0 Å². The molecule has 0 aromatic carbocycles. The number of rotatable bonds is 2. The van der Waals surface area contributed by atoms with Crippen molar-refractivity contribution in [1.82, 2.24) is 15.3 Å². The predicted octanol–water partition coefficient (Wildman–Crippen LogP) is 1.40. The molecule has 1 aromatic heterocycles. The zero-order valence-corrected chi connectivity index (χ0v) is 10.6. The summed E-state index contributed by atoms with van der Waals surface area (Å²) in [6, 6.07) is 2.63. The lowest BCUT2D eigenvalue weighted by atomic mass is 10.1. The van der Waals surface area contributed by atoms with Gasteiger partial charge >= 0.3 is 0 Å². The van der Waals surface area contributed by atoms with Gasteiger partial charge in [0, 0.05) is 37.6 Å². The molecular formula is C13H20N4. The molecule has 0 amide bonds. The summed E-state index contributed by atoms with van der Waals surface area (Å²) in [5.74, 6) is 2.19. The Balaban J connectivity index is 1.86. The van der Waals surface area contributed by atoms with Gasteiger partial charge in [0.2, 0.25) is 5.95 Å². The van der Waals surface area contributed by atoms with Crippen molar-refractivity contribution >= 4 is 5.95 Å². The molecule has 2 saturated heterocycles. The van der Waals surface area contributed by atoms with Gasteiger partial charge in [0.15, 0.2) is 0 Å². The third-order valence-electron chi connectivity index (χ3n) is 3.96. The Morgan fingerprint density at radius 3 is 3.12 bits per heavy atom. The minimum atomic E-state index is 0.469. The van der Waals surface area contributed by atoms with E-state index in [9.17, 15) is 0 Å². The molecule has 2 aliphatic rings. The first-order valence-corrected chi connectivity index (χ1v) is 6.56. The lowest BCUT2D eigenvalue weighted by Gasteiger charge is -2.23. The normalized spacial score (nSPS) is 27.8. The standard InChI is InChI=1S/C13H20N4/c1-9(2)11-3-5-15-13(16-11)17-6-4-10-7-14-8-12(10)17/h3,5,9-10,12,14H,4,6-8H2,1-2H3/t10-,12-/m1/s1. The highest BCUT2D eigenvalue weighted by Crippen LogP contribution is 2.30. The fourth-order valence-corrected chi connectivity index (χ4v) is 2.92. The molecule has 2 fully saturated rings. The zero-order chi connectivity index (χ0) is 11.8. The first-order valence-electron chi connectivity index (χ1n) is 6.56. The second-order valence-corrected chi connectivity index (χ2v) is 5.40. The molecule has 0 aliphatic carbocycles. The average Bonchev–Trinajstić information content (AvgIpc) is 2.90. The highest BCUT2D eigenvalue weighted by atomic mass is 15.3. The first-order chi connectivity index (χ1) is 8.25. The second-order valence-electron chi connectivity index (χ2n) is 5.40. The maximum Gasteiger partial charge on any atom is 0.225 e. The molecule has 0 saturated carbocycles. The molecule has 0 radical (unpaired) electrons. The van der Waals surface area contributed by atoms with Crippen LogP contribution in [-0.4, -0.2) is 35.6 Å². The van der Waals surface area contributed by atoms with Gasteiger partial charge in [-0.1, -0.05) is 13.8 Å². The lowest BCUT2D eigenvalue weighted by Crippen LogP contribution is -2.35. The van der Waals surface area contributed by atoms with Crippen LogP contribution in [0.5, 0.6) is 0 Å². The summed E-state index contributed by atoms with van der Waals surface area (Å²) in [7, 11) is 0. The van der Waals surface area contributed by atoms with E-state index in [1.165, 1.54) is 6.42 Å². The molecule has 0 unspecified atom stereocenters. The number of anilines is 1. The van der Waals surface area contributed by atoms with Crippen molar-refractivity contribution in [3.8, 4) is 0 Å². The second kappa shape index (κ2) is 4.26. The average molecular weight is 232 g/mol. The SMILES string of the molecule is CC(C)c1ccnc(N2CC[C@@H]3CNC[C@H]32)n1. The van der Waals surface area contributed by atoms with Crippen LogP contribution in [0.1, 0.15) is 31.9 Å². The maximum absolute atomic E-state index is 4.70. The van der Waals surface area contributed by atoms with Crippen molar-refractivity contribution < 1.29 is 0 Å². The molecule has 2 atom stereocenters. The Bertz CT molecular complexity index is 404. The van der Waals surface area contributed by atoms with E-state index in [-0.39, 0.29) is 0 Å². The third kappa shape index (κ3) is 1.90. The highest BCUT2D eigenvalue weighted by molar-refractivity contribution is 5.36. The maximum atomic E-state index is 4.70. The molecule has 92 valence electrons. The van der Waals surface area contributed by atoms with Crippen molar-refractivity contribution in [1.29, 1.82) is 0 Å². The fourth-order valence-electron chi connectivity index (χ4n) is 2.92. The number of nitrogens with zero attached hydrogens (tertiary/aromatic N) is 3. The number of aromatic nitrogens is 2. The number of hydrogen-bond acceptors (Lipinski definition) is 4. The number of fused-ring (bicyclic) bond motifs is 1. The topological polar surface area (TPSA) is 41.1 Å². The molecule has 0 spiro atoms. The van der Waals surface area contributed by atoms with Gasteiger partial charge in [-0.05, 0) is 24.3 Å². The van der Waals surface area contributed by atoms with E-state index in [4.69, 9.17) is 4.98 Å². The summed E-state index contributed by atoms with van der Waals surface area (Å²) >= 11 is 0. The Kier molecular flexibility index (Phi) is 2.74. The summed E-state index contributed by atoms with van der Waals surface area (Å²) in [4.78, 5) is 11.5. The summed E-state index contributed by atoms with van der Waals surface area (Å²) in [6.45, 7) is 7.70. The van der Waals surface area contributed by atoms with Crippen LogP contribution in [0.25, 0.3) is 0 Å². The van der Waals surface area contributed by atoms with Crippen molar-refractivity contribution in [3.63, 3.8) is 0 Å². The van der Waals surface area contributed by atoms with Gasteiger partial charge in [-0.2, -0.15) is 0 Å². The van der Waals surface area contributed by atoms with E-state index in [1.807, 2.05) is 12.3 Å². The minimum Gasteiger partial charge on any atom is -0.336 e. The molecule has 17 heavy (non-hydrogen) atoms. The van der Waals surface area contributed by atoms with E-state index >= 15 is 0 Å². The van der Waals surface area contributed by atoms with Crippen LogP contribution in [0.2, 0.25) is 0 Å². The van der Waals surface area contributed by atoms with Gasteiger partial charge in [-0.3, -0.25) is 0 Å². The van der Waals surface area contributed by atoms with Crippen molar-refractivity contribution in [2.24, 2.45) is 5.92 Å². The van der Waals surface area contributed by atoms with Gasteiger partial charge in [-0.15, -0.1) is 0 Å². The first kappa shape index (κ1) is 11.0. The summed E-state index contributed by atoms with van der Waals surface area (Å²) < 4.78 is 0. The van der Waals surface area contributed by atoms with E-state index < -0.39 is 0 Å². The molecule has 3 rings (SSSR count). The molecule has 1 aromatic rings. The molecule has 4 heteroatoms. The van der Waals surface area contributed by atoms with Gasteiger partial charge in [0.25, 0.3) is 0 Å². The molecular weight excluding hydrogens is 212 g/mol. The smallest absolute Gasteiger partial charge is 0.225 e. The van der Waals surface area contributed by atoms with E-state index in [0.29, 0.717) is 12.0 Å². The van der Waals surface area contributed by atoms with Crippen LogP contribution in [0.4, 0.5) is 5.95 Å². The Labute approximate surface area is 102 Å². The largest absolute Gasteiger partial charge is 0.336 e. The lowest BCUT2D eigenvalue weighted by molar-refractivity contribution is 0.575. The molecule has 4 nitrogen and oxygen atoms in total. The Hall–Kier alpha value is -1.16. The van der Waals surface area contributed by atoms with Gasteiger partial charge < -0.3 is 10.2 Å². The summed E-state index contributed by atoms with van der Waals surface area (Å²) in [6.07, 6.45) is 3.17.